The highest BCUT2D eigenvalue weighted by Crippen LogP contribution is 2.32. The maximum atomic E-state index is 12.3. The Bertz CT molecular complexity index is 694. The molecule has 0 radical (unpaired) electrons. The number of phenolic OH excluding ortho intramolecular Hbond substituents is 1. The van der Waals surface area contributed by atoms with Gasteiger partial charge >= 0.3 is 12.3 Å². The van der Waals surface area contributed by atoms with Gasteiger partial charge in [-0.3, -0.25) is 4.79 Å². The fourth-order valence-corrected chi connectivity index (χ4v) is 2.42. The summed E-state index contributed by atoms with van der Waals surface area (Å²) in [5.41, 5.74) is 1.36. The van der Waals surface area contributed by atoms with E-state index >= 15 is 0 Å². The van der Waals surface area contributed by atoms with E-state index in [9.17, 15) is 23.1 Å². The van der Waals surface area contributed by atoms with Crippen molar-refractivity contribution in [1.82, 2.24) is 0 Å². The average molecular weight is 354 g/mol. The highest BCUT2D eigenvalue weighted by molar-refractivity contribution is 5.71. The van der Waals surface area contributed by atoms with E-state index < -0.39 is 18.2 Å². The van der Waals surface area contributed by atoms with E-state index in [0.29, 0.717) is 5.56 Å². The lowest BCUT2D eigenvalue weighted by Crippen LogP contribution is -2.17. The molecule has 0 amide bonds. The van der Waals surface area contributed by atoms with Crippen LogP contribution in [0.25, 0.3) is 0 Å². The Morgan fingerprint density at radius 3 is 2.04 bits per heavy atom. The number of halogens is 3. The highest BCUT2D eigenvalue weighted by atomic mass is 19.4. The Morgan fingerprint density at radius 1 is 1.04 bits per heavy atom. The van der Waals surface area contributed by atoms with Crippen molar-refractivity contribution in [2.45, 2.75) is 25.6 Å². The van der Waals surface area contributed by atoms with Crippen LogP contribution in [0.15, 0.2) is 48.5 Å². The maximum Gasteiger partial charge on any atom is 0.573 e. The van der Waals surface area contributed by atoms with Crippen LogP contribution in [0.4, 0.5) is 13.2 Å². The zero-order valence-electron chi connectivity index (χ0n) is 13.4. The van der Waals surface area contributed by atoms with E-state index in [1.54, 1.807) is 19.1 Å². The van der Waals surface area contributed by atoms with Gasteiger partial charge < -0.3 is 14.6 Å². The molecule has 25 heavy (non-hydrogen) atoms. The molecule has 7 heteroatoms. The molecular weight excluding hydrogens is 337 g/mol. The van der Waals surface area contributed by atoms with Crippen LogP contribution >= 0.6 is 0 Å². The van der Waals surface area contributed by atoms with Crippen LogP contribution in [0.3, 0.4) is 0 Å². The third kappa shape index (κ3) is 5.70. The van der Waals surface area contributed by atoms with E-state index in [2.05, 4.69) is 4.74 Å². The largest absolute Gasteiger partial charge is 0.573 e. The number of carbonyl (C=O) groups excluding carboxylic acids is 1. The van der Waals surface area contributed by atoms with Crippen LogP contribution in [0, 0.1) is 0 Å². The van der Waals surface area contributed by atoms with Gasteiger partial charge in [0.15, 0.2) is 0 Å². The Balaban J connectivity index is 2.28. The van der Waals surface area contributed by atoms with E-state index in [0.717, 1.165) is 5.56 Å². The van der Waals surface area contributed by atoms with Gasteiger partial charge in [0.05, 0.1) is 13.0 Å². The summed E-state index contributed by atoms with van der Waals surface area (Å²) >= 11 is 0. The molecule has 134 valence electrons. The molecule has 0 aliphatic carbocycles. The summed E-state index contributed by atoms with van der Waals surface area (Å²) in [6.45, 7) is 1.93. The molecule has 1 unspecified atom stereocenters. The lowest BCUT2D eigenvalue weighted by molar-refractivity contribution is -0.274. The molecular formula is C18H17F3O4. The van der Waals surface area contributed by atoms with Crippen LogP contribution < -0.4 is 4.74 Å². The van der Waals surface area contributed by atoms with E-state index in [4.69, 9.17) is 4.74 Å². The van der Waals surface area contributed by atoms with Crippen LogP contribution in [0.1, 0.15) is 30.4 Å². The van der Waals surface area contributed by atoms with Crippen molar-refractivity contribution in [3.8, 4) is 11.5 Å². The summed E-state index contributed by atoms with van der Waals surface area (Å²) in [7, 11) is 0. The molecule has 0 fully saturated rings. The molecule has 1 N–H and O–H groups in total. The predicted octanol–water partition coefficient (Wildman–Crippen LogP) is 4.38. The first-order chi connectivity index (χ1) is 11.8. The number of aromatic hydroxyl groups is 1. The van der Waals surface area contributed by atoms with Crippen LogP contribution in [-0.4, -0.2) is 24.0 Å². The summed E-state index contributed by atoms with van der Waals surface area (Å²) in [6, 6.07) is 11.6. The standard InChI is InChI=1S/C18H17F3O4/c1-2-24-17(23)11-16(12-3-7-14(22)8-4-12)13-5-9-15(10-6-13)25-18(19,20)21/h3-10,16,22H,2,11H2,1H3. The van der Waals surface area contributed by atoms with Crippen LogP contribution in [0.2, 0.25) is 0 Å². The molecule has 0 spiro atoms. The van der Waals surface area contributed by atoms with Crippen LogP contribution in [-0.2, 0) is 9.53 Å². The van der Waals surface area contributed by atoms with Gasteiger partial charge in [-0.15, -0.1) is 13.2 Å². The number of phenols is 1. The summed E-state index contributed by atoms with van der Waals surface area (Å²) in [6.07, 6.45) is -4.74. The Kier molecular flexibility index (Phi) is 5.90. The summed E-state index contributed by atoms with van der Waals surface area (Å²) in [5, 5.41) is 9.40. The molecule has 4 nitrogen and oxygen atoms in total. The SMILES string of the molecule is CCOC(=O)CC(c1ccc(O)cc1)c1ccc(OC(F)(F)F)cc1. The first kappa shape index (κ1) is 18.6. The molecule has 0 aromatic heterocycles. The number of hydrogen-bond acceptors (Lipinski definition) is 4. The summed E-state index contributed by atoms with van der Waals surface area (Å²) < 4.78 is 45.6. The van der Waals surface area contributed by atoms with E-state index in [1.807, 2.05) is 0 Å². The van der Waals surface area contributed by atoms with Gasteiger partial charge in [0.1, 0.15) is 11.5 Å². The maximum absolute atomic E-state index is 12.3. The second kappa shape index (κ2) is 7.92. The van der Waals surface area contributed by atoms with E-state index in [-0.39, 0.29) is 24.5 Å². The lowest BCUT2D eigenvalue weighted by Gasteiger charge is -2.18. The van der Waals surface area contributed by atoms with E-state index in [1.165, 1.54) is 36.4 Å². The van der Waals surface area contributed by atoms with Crippen molar-refractivity contribution in [2.24, 2.45) is 0 Å². The number of benzene rings is 2. The normalized spacial score (nSPS) is 12.5. The van der Waals surface area contributed by atoms with Crippen molar-refractivity contribution in [3.63, 3.8) is 0 Å². The Morgan fingerprint density at radius 2 is 1.56 bits per heavy atom. The third-order valence-electron chi connectivity index (χ3n) is 3.49. The van der Waals surface area contributed by atoms with Gasteiger partial charge in [-0.1, -0.05) is 24.3 Å². The third-order valence-corrected chi connectivity index (χ3v) is 3.49. The topological polar surface area (TPSA) is 55.8 Å². The number of ether oxygens (including phenoxy) is 2. The van der Waals surface area contributed by atoms with Gasteiger partial charge in [-0.25, -0.2) is 0 Å². The minimum atomic E-state index is -4.76. The first-order valence-corrected chi connectivity index (χ1v) is 7.58. The molecule has 2 aromatic rings. The monoisotopic (exact) mass is 354 g/mol. The van der Waals surface area contributed by atoms with Gasteiger partial charge in [0.2, 0.25) is 0 Å². The second-order valence-electron chi connectivity index (χ2n) is 5.27. The summed E-state index contributed by atoms with van der Waals surface area (Å²) in [5.74, 6) is -1.10. The fraction of sp³-hybridized carbons (Fsp3) is 0.278. The number of esters is 1. The quantitative estimate of drug-likeness (QED) is 0.783. The molecule has 0 aliphatic rings. The van der Waals surface area contributed by atoms with Crippen molar-refractivity contribution in [3.05, 3.63) is 59.7 Å². The van der Waals surface area contributed by atoms with Crippen molar-refractivity contribution in [1.29, 1.82) is 0 Å². The summed E-state index contributed by atoms with van der Waals surface area (Å²) in [4.78, 5) is 11.9. The molecule has 0 bridgehead atoms. The Hall–Kier alpha value is -2.70. The zero-order chi connectivity index (χ0) is 18.4. The number of carbonyl (C=O) groups is 1. The van der Waals surface area contributed by atoms with Gasteiger partial charge in [-0.2, -0.15) is 0 Å². The fourth-order valence-electron chi connectivity index (χ4n) is 2.42. The number of hydrogen-bond donors (Lipinski definition) is 1. The predicted molar refractivity (Wildman–Crippen MR) is 84.3 cm³/mol. The smallest absolute Gasteiger partial charge is 0.508 e. The minimum Gasteiger partial charge on any atom is -0.508 e. The molecule has 0 saturated heterocycles. The van der Waals surface area contributed by atoms with Gasteiger partial charge in [0.25, 0.3) is 0 Å². The molecule has 1 atom stereocenters. The number of rotatable bonds is 6. The van der Waals surface area contributed by atoms with Crippen LogP contribution in [0.5, 0.6) is 11.5 Å². The average Bonchev–Trinajstić information content (AvgIpc) is 2.53. The highest BCUT2D eigenvalue weighted by Gasteiger charge is 2.31. The molecule has 0 saturated carbocycles. The van der Waals surface area contributed by atoms with Gasteiger partial charge in [0, 0.05) is 5.92 Å². The van der Waals surface area contributed by atoms with Crippen molar-refractivity contribution >= 4 is 5.97 Å². The lowest BCUT2D eigenvalue weighted by atomic mass is 9.88. The number of alkyl halides is 3. The molecule has 2 rings (SSSR count). The second-order valence-corrected chi connectivity index (χ2v) is 5.27. The van der Waals surface area contributed by atoms with Gasteiger partial charge in [-0.05, 0) is 42.3 Å². The molecule has 2 aromatic carbocycles. The molecule has 0 heterocycles. The zero-order valence-corrected chi connectivity index (χ0v) is 13.4. The first-order valence-electron chi connectivity index (χ1n) is 7.58. The Labute approximate surface area is 142 Å². The minimum absolute atomic E-state index is 0.0259. The molecule has 0 aliphatic heterocycles. The van der Waals surface area contributed by atoms with Crippen molar-refractivity contribution in [2.75, 3.05) is 6.61 Å². The van der Waals surface area contributed by atoms with Crippen molar-refractivity contribution < 1.29 is 32.5 Å².